The Hall–Kier alpha value is -1.92. The maximum atomic E-state index is 11.0. The number of carbonyl (C=O) groups is 1. The van der Waals surface area contributed by atoms with E-state index >= 15 is 0 Å². The molecular formula is C12H10O5S. The Morgan fingerprint density at radius 2 is 1.72 bits per heavy atom. The number of carbonyl (C=O) groups excluding carboxylic acids is 1. The molecule has 2 aromatic carbocycles. The molecule has 6 heteroatoms. The van der Waals surface area contributed by atoms with Crippen LogP contribution in [0, 0.1) is 0 Å². The van der Waals surface area contributed by atoms with Crippen LogP contribution >= 0.6 is 0 Å². The molecule has 0 aliphatic heterocycles. The second kappa shape index (κ2) is 4.40. The standard InChI is InChI=1S/C12H10O5S/c1-8(13)17-11-4-2-10-7-12(18(14,15)16)5-3-9(10)6-11/h2-7H,1H3,(H,14,15,16). The Kier molecular flexibility index (Phi) is 3.06. The second-order valence-corrected chi connectivity index (χ2v) is 5.16. The molecule has 0 unspecified atom stereocenters. The zero-order chi connectivity index (χ0) is 13.3. The van der Waals surface area contributed by atoms with Gasteiger partial charge in [-0.15, -0.1) is 0 Å². The van der Waals surface area contributed by atoms with Gasteiger partial charge >= 0.3 is 5.97 Å². The van der Waals surface area contributed by atoms with E-state index in [9.17, 15) is 13.2 Å². The molecule has 0 saturated carbocycles. The maximum absolute atomic E-state index is 11.0. The molecule has 0 saturated heterocycles. The lowest BCUT2D eigenvalue weighted by atomic mass is 10.1. The normalized spacial score (nSPS) is 11.4. The Balaban J connectivity index is 2.52. The van der Waals surface area contributed by atoms with Crippen LogP contribution in [0.2, 0.25) is 0 Å². The monoisotopic (exact) mass is 266 g/mol. The molecule has 5 nitrogen and oxygen atoms in total. The van der Waals surface area contributed by atoms with E-state index in [2.05, 4.69) is 0 Å². The van der Waals surface area contributed by atoms with E-state index in [0.29, 0.717) is 16.5 Å². The van der Waals surface area contributed by atoms with E-state index in [4.69, 9.17) is 9.29 Å². The summed E-state index contributed by atoms with van der Waals surface area (Å²) in [5, 5.41) is 1.34. The Morgan fingerprint density at radius 3 is 2.33 bits per heavy atom. The number of hydrogen-bond donors (Lipinski definition) is 1. The minimum Gasteiger partial charge on any atom is -0.427 e. The van der Waals surface area contributed by atoms with Crippen LogP contribution in [0.25, 0.3) is 10.8 Å². The quantitative estimate of drug-likeness (QED) is 0.511. The van der Waals surface area contributed by atoms with Crippen LogP contribution < -0.4 is 4.74 Å². The fourth-order valence-electron chi connectivity index (χ4n) is 1.59. The summed E-state index contributed by atoms with van der Waals surface area (Å²) in [6.07, 6.45) is 0. The first-order valence-corrected chi connectivity index (χ1v) is 6.50. The number of esters is 1. The summed E-state index contributed by atoms with van der Waals surface area (Å²) in [6.45, 7) is 1.30. The molecule has 0 bridgehead atoms. The molecule has 1 N–H and O–H groups in total. The molecule has 0 fully saturated rings. The van der Waals surface area contributed by atoms with Crippen molar-refractivity contribution in [3.8, 4) is 5.75 Å². The van der Waals surface area contributed by atoms with Gasteiger partial charge in [-0.3, -0.25) is 9.35 Å². The van der Waals surface area contributed by atoms with Crippen molar-refractivity contribution in [3.63, 3.8) is 0 Å². The Morgan fingerprint density at radius 1 is 1.11 bits per heavy atom. The fraction of sp³-hybridized carbons (Fsp3) is 0.0833. The number of hydrogen-bond acceptors (Lipinski definition) is 4. The first-order valence-electron chi connectivity index (χ1n) is 5.06. The molecule has 0 amide bonds. The summed E-state index contributed by atoms with van der Waals surface area (Å²) in [5.41, 5.74) is 0. The first kappa shape index (κ1) is 12.5. The van der Waals surface area contributed by atoms with Gasteiger partial charge in [0.1, 0.15) is 5.75 Å². The number of fused-ring (bicyclic) bond motifs is 1. The Bertz CT molecular complexity index is 718. The largest absolute Gasteiger partial charge is 0.427 e. The zero-order valence-corrected chi connectivity index (χ0v) is 10.3. The molecular weight excluding hydrogens is 256 g/mol. The molecule has 0 heterocycles. The van der Waals surface area contributed by atoms with Crippen molar-refractivity contribution in [2.45, 2.75) is 11.8 Å². The summed E-state index contributed by atoms with van der Waals surface area (Å²) in [5.74, 6) is -0.0430. The highest BCUT2D eigenvalue weighted by Gasteiger charge is 2.10. The summed E-state index contributed by atoms with van der Waals surface area (Å²) < 4.78 is 35.8. The summed E-state index contributed by atoms with van der Waals surface area (Å²) in [6, 6.07) is 8.95. The average Bonchev–Trinajstić information content (AvgIpc) is 2.26. The molecule has 94 valence electrons. The van der Waals surface area contributed by atoms with Crippen LogP contribution in [0.3, 0.4) is 0 Å². The fourth-order valence-corrected chi connectivity index (χ4v) is 2.11. The van der Waals surface area contributed by atoms with Gasteiger partial charge in [-0.2, -0.15) is 8.42 Å². The molecule has 2 rings (SSSR count). The van der Waals surface area contributed by atoms with Crippen molar-refractivity contribution in [3.05, 3.63) is 36.4 Å². The molecule has 0 aliphatic rings. The summed E-state index contributed by atoms with van der Waals surface area (Å²) in [4.78, 5) is 10.6. The smallest absolute Gasteiger partial charge is 0.308 e. The predicted molar refractivity (Wildman–Crippen MR) is 65.1 cm³/mol. The van der Waals surface area contributed by atoms with Crippen LogP contribution in [-0.2, 0) is 14.9 Å². The van der Waals surface area contributed by atoms with E-state index in [1.165, 1.54) is 25.1 Å². The molecule has 0 aromatic heterocycles. The van der Waals surface area contributed by atoms with E-state index in [-0.39, 0.29) is 4.90 Å². The highest BCUT2D eigenvalue weighted by molar-refractivity contribution is 7.85. The third kappa shape index (κ3) is 2.66. The zero-order valence-electron chi connectivity index (χ0n) is 9.45. The molecule has 0 aliphatic carbocycles. The van der Waals surface area contributed by atoms with Crippen molar-refractivity contribution in [2.24, 2.45) is 0 Å². The third-order valence-corrected chi connectivity index (χ3v) is 3.19. The number of benzene rings is 2. The Labute approximate surface area is 104 Å². The van der Waals surface area contributed by atoms with Crippen molar-refractivity contribution >= 4 is 26.9 Å². The predicted octanol–water partition coefficient (Wildman–Crippen LogP) is 2.01. The van der Waals surface area contributed by atoms with Crippen LogP contribution in [0.15, 0.2) is 41.3 Å². The van der Waals surface area contributed by atoms with Crippen molar-refractivity contribution in [1.29, 1.82) is 0 Å². The molecule has 2 aromatic rings. The van der Waals surface area contributed by atoms with Gasteiger partial charge in [0.2, 0.25) is 0 Å². The van der Waals surface area contributed by atoms with E-state index in [1.54, 1.807) is 18.2 Å². The third-order valence-electron chi connectivity index (χ3n) is 2.34. The van der Waals surface area contributed by atoms with E-state index in [0.717, 1.165) is 0 Å². The van der Waals surface area contributed by atoms with Gasteiger partial charge in [-0.05, 0) is 35.0 Å². The van der Waals surface area contributed by atoms with Crippen LogP contribution in [-0.4, -0.2) is 18.9 Å². The lowest BCUT2D eigenvalue weighted by Crippen LogP contribution is -2.01. The molecule has 0 atom stereocenters. The van der Waals surface area contributed by atoms with Gasteiger partial charge in [0.15, 0.2) is 0 Å². The SMILES string of the molecule is CC(=O)Oc1ccc2cc(S(=O)(=O)O)ccc2c1. The first-order chi connectivity index (χ1) is 8.36. The highest BCUT2D eigenvalue weighted by Crippen LogP contribution is 2.23. The van der Waals surface area contributed by atoms with Gasteiger partial charge in [-0.25, -0.2) is 0 Å². The lowest BCUT2D eigenvalue weighted by molar-refractivity contribution is -0.131. The van der Waals surface area contributed by atoms with Crippen molar-refractivity contribution in [2.75, 3.05) is 0 Å². The summed E-state index contributed by atoms with van der Waals surface area (Å²) >= 11 is 0. The highest BCUT2D eigenvalue weighted by atomic mass is 32.2. The van der Waals surface area contributed by atoms with Gasteiger partial charge < -0.3 is 4.74 Å². The molecule has 0 radical (unpaired) electrons. The number of ether oxygens (including phenoxy) is 1. The minimum absolute atomic E-state index is 0.171. The van der Waals surface area contributed by atoms with Gasteiger partial charge in [0.25, 0.3) is 10.1 Å². The molecule has 0 spiro atoms. The number of rotatable bonds is 2. The minimum atomic E-state index is -4.21. The van der Waals surface area contributed by atoms with E-state index in [1.807, 2.05) is 0 Å². The van der Waals surface area contributed by atoms with E-state index < -0.39 is 16.1 Å². The maximum Gasteiger partial charge on any atom is 0.308 e. The van der Waals surface area contributed by atoms with Gasteiger partial charge in [-0.1, -0.05) is 12.1 Å². The lowest BCUT2D eigenvalue weighted by Gasteiger charge is -2.04. The summed E-state index contributed by atoms with van der Waals surface area (Å²) in [7, 11) is -4.21. The van der Waals surface area contributed by atoms with Crippen LogP contribution in [0.5, 0.6) is 5.75 Å². The molecule has 18 heavy (non-hydrogen) atoms. The van der Waals surface area contributed by atoms with Crippen molar-refractivity contribution in [1.82, 2.24) is 0 Å². The van der Waals surface area contributed by atoms with Gasteiger partial charge in [0, 0.05) is 6.92 Å². The topological polar surface area (TPSA) is 80.7 Å². The van der Waals surface area contributed by atoms with Crippen LogP contribution in [0.4, 0.5) is 0 Å². The second-order valence-electron chi connectivity index (χ2n) is 3.74. The van der Waals surface area contributed by atoms with Crippen LogP contribution in [0.1, 0.15) is 6.92 Å². The van der Waals surface area contributed by atoms with Crippen molar-refractivity contribution < 1.29 is 22.5 Å². The van der Waals surface area contributed by atoms with Gasteiger partial charge in [0.05, 0.1) is 4.90 Å². The average molecular weight is 266 g/mol.